The normalized spacial score (nSPS) is 15.8. The number of hydrogen-bond acceptors (Lipinski definition) is 4. The van der Waals surface area contributed by atoms with Crippen LogP contribution in [-0.2, 0) is 4.74 Å². The number of allylic oxidation sites excluding steroid dienone is 3. The number of piperidine rings is 1. The quantitative estimate of drug-likeness (QED) is 0.289. The van der Waals surface area contributed by atoms with Crippen molar-refractivity contribution in [3.05, 3.63) is 69.0 Å². The van der Waals surface area contributed by atoms with E-state index in [1.54, 1.807) is 6.07 Å². The molecule has 2 rings (SSSR count). The summed E-state index contributed by atoms with van der Waals surface area (Å²) in [6.45, 7) is 15.7. The largest absolute Gasteiger partial charge is 0.465 e. The molecule has 184 valence electrons. The van der Waals surface area contributed by atoms with Crippen LogP contribution in [-0.4, -0.2) is 63.2 Å². The lowest BCUT2D eigenvalue weighted by Gasteiger charge is -2.33. The molecule has 0 spiro atoms. The van der Waals surface area contributed by atoms with Gasteiger partial charge in [-0.05, 0) is 88.6 Å². The summed E-state index contributed by atoms with van der Waals surface area (Å²) in [6.07, 6.45) is 6.03. The standard InChI is InChI=1S/C25H34BrFN2O2.C2H6/c1-17(13-18(2)22(26)9-10-28(4)5)16-29-11-7-20(8-12-29)24-19(3)14-21(15-23(24)27)25(30)31-6;1-2/h9,13-15,20H,2,7-8,10-12,16H2,1,3-6H3;1-2H3/b17-13+,22-9+;. The van der Waals surface area contributed by atoms with Gasteiger partial charge in [-0.2, -0.15) is 0 Å². The fraction of sp³-hybridized carbons (Fsp3) is 0.519. The van der Waals surface area contributed by atoms with Gasteiger partial charge in [0.2, 0.25) is 0 Å². The first-order valence-electron chi connectivity index (χ1n) is 11.6. The average Bonchev–Trinajstić information content (AvgIpc) is 2.78. The highest BCUT2D eigenvalue weighted by Crippen LogP contribution is 2.33. The van der Waals surface area contributed by atoms with Gasteiger partial charge in [-0.15, -0.1) is 0 Å². The molecule has 1 aliphatic rings. The van der Waals surface area contributed by atoms with Crippen LogP contribution in [0.1, 0.15) is 61.0 Å². The molecule has 0 aliphatic carbocycles. The van der Waals surface area contributed by atoms with Gasteiger partial charge in [0, 0.05) is 17.6 Å². The Morgan fingerprint density at radius 1 is 1.30 bits per heavy atom. The van der Waals surface area contributed by atoms with E-state index in [1.807, 2.05) is 34.9 Å². The number of nitrogens with zero attached hydrogens (tertiary/aromatic N) is 2. The van der Waals surface area contributed by atoms with E-state index in [0.717, 1.165) is 60.2 Å². The van der Waals surface area contributed by atoms with Gasteiger partial charge in [-0.1, -0.05) is 54.1 Å². The second kappa shape index (κ2) is 14.5. The summed E-state index contributed by atoms with van der Waals surface area (Å²) in [4.78, 5) is 16.2. The molecule has 1 aromatic carbocycles. The Morgan fingerprint density at radius 2 is 1.91 bits per heavy atom. The number of hydrogen-bond donors (Lipinski definition) is 0. The van der Waals surface area contributed by atoms with Gasteiger partial charge in [0.25, 0.3) is 0 Å². The Bertz CT molecular complexity index is 846. The third kappa shape index (κ3) is 9.19. The number of likely N-dealkylation sites (N-methyl/N-ethyl adjacent to an activating group) is 1. The van der Waals surface area contributed by atoms with Gasteiger partial charge in [0.05, 0.1) is 12.7 Å². The zero-order valence-electron chi connectivity index (χ0n) is 21.3. The van der Waals surface area contributed by atoms with E-state index in [2.05, 4.69) is 51.4 Å². The number of halogens is 2. The number of likely N-dealkylation sites (tertiary alicyclic amines) is 1. The van der Waals surface area contributed by atoms with Crippen LogP contribution in [0.2, 0.25) is 0 Å². The van der Waals surface area contributed by atoms with Crippen LogP contribution in [0, 0.1) is 12.7 Å². The molecule has 1 aliphatic heterocycles. The number of benzene rings is 1. The smallest absolute Gasteiger partial charge is 0.337 e. The van der Waals surface area contributed by atoms with E-state index in [9.17, 15) is 9.18 Å². The summed E-state index contributed by atoms with van der Waals surface area (Å²) >= 11 is 3.60. The van der Waals surface area contributed by atoms with Crippen molar-refractivity contribution in [3.8, 4) is 0 Å². The zero-order valence-corrected chi connectivity index (χ0v) is 22.9. The molecule has 1 heterocycles. The molecule has 0 N–H and O–H groups in total. The third-order valence-electron chi connectivity index (χ3n) is 5.59. The minimum absolute atomic E-state index is 0.172. The zero-order chi connectivity index (χ0) is 25.1. The van der Waals surface area contributed by atoms with Gasteiger partial charge in [0.15, 0.2) is 0 Å². The molecule has 0 unspecified atom stereocenters. The fourth-order valence-electron chi connectivity index (χ4n) is 4.05. The number of methoxy groups -OCH3 is 1. The van der Waals surface area contributed by atoms with Gasteiger partial charge < -0.3 is 9.64 Å². The van der Waals surface area contributed by atoms with E-state index in [-0.39, 0.29) is 17.3 Å². The van der Waals surface area contributed by atoms with Crippen molar-refractivity contribution in [2.24, 2.45) is 0 Å². The van der Waals surface area contributed by atoms with E-state index < -0.39 is 5.97 Å². The second-order valence-electron chi connectivity index (χ2n) is 8.56. The van der Waals surface area contributed by atoms with Crippen molar-refractivity contribution in [2.75, 3.05) is 47.4 Å². The lowest BCUT2D eigenvalue weighted by atomic mass is 9.85. The Hall–Kier alpha value is -1.76. The summed E-state index contributed by atoms with van der Waals surface area (Å²) in [7, 11) is 5.37. The first kappa shape index (κ1) is 29.3. The van der Waals surface area contributed by atoms with Crippen LogP contribution in [0.25, 0.3) is 0 Å². The fourth-order valence-corrected chi connectivity index (χ4v) is 4.31. The van der Waals surface area contributed by atoms with Crippen molar-refractivity contribution >= 4 is 21.9 Å². The average molecular weight is 524 g/mol. The molecule has 1 fully saturated rings. The van der Waals surface area contributed by atoms with Gasteiger partial charge in [0.1, 0.15) is 5.82 Å². The van der Waals surface area contributed by atoms with E-state index in [4.69, 9.17) is 4.74 Å². The Labute approximate surface area is 208 Å². The van der Waals surface area contributed by atoms with Gasteiger partial charge in [-0.3, -0.25) is 4.90 Å². The molecule has 6 heteroatoms. The summed E-state index contributed by atoms with van der Waals surface area (Å²) in [5, 5.41) is 0. The number of ether oxygens (including phenoxy) is 1. The van der Waals surface area contributed by atoms with Crippen molar-refractivity contribution in [1.29, 1.82) is 0 Å². The lowest BCUT2D eigenvalue weighted by molar-refractivity contribution is 0.0600. The molecule has 33 heavy (non-hydrogen) atoms. The molecule has 1 aromatic rings. The molecular weight excluding hydrogens is 483 g/mol. The van der Waals surface area contributed by atoms with Crippen LogP contribution in [0.3, 0.4) is 0 Å². The molecule has 1 saturated heterocycles. The van der Waals surface area contributed by atoms with Crippen molar-refractivity contribution in [3.63, 3.8) is 0 Å². The number of aryl methyl sites for hydroxylation is 1. The molecule has 4 nitrogen and oxygen atoms in total. The van der Waals surface area contributed by atoms with Crippen molar-refractivity contribution in [2.45, 2.75) is 46.5 Å². The minimum atomic E-state index is -0.504. The van der Waals surface area contributed by atoms with Gasteiger partial charge >= 0.3 is 5.97 Å². The van der Waals surface area contributed by atoms with E-state index >= 15 is 0 Å². The molecule has 0 amide bonds. The SMILES string of the molecule is C=C(/C=C(\C)CN1CCC(c2c(C)cc(C(=O)OC)cc2F)CC1)/C(Br)=C\CN(C)C.CC. The number of carbonyl (C=O) groups excluding carboxylic acids is 1. The highest BCUT2D eigenvalue weighted by molar-refractivity contribution is 9.12. The van der Waals surface area contributed by atoms with Crippen LogP contribution in [0.4, 0.5) is 4.39 Å². The van der Waals surface area contributed by atoms with Crippen LogP contribution < -0.4 is 0 Å². The van der Waals surface area contributed by atoms with Crippen LogP contribution in [0.5, 0.6) is 0 Å². The summed E-state index contributed by atoms with van der Waals surface area (Å²) in [5.41, 5.74) is 4.05. The predicted molar refractivity (Wildman–Crippen MR) is 141 cm³/mol. The summed E-state index contributed by atoms with van der Waals surface area (Å²) in [5.74, 6) is -0.638. The van der Waals surface area contributed by atoms with Crippen LogP contribution in [0.15, 0.2) is 46.5 Å². The maximum absolute atomic E-state index is 14.8. The maximum atomic E-state index is 14.8. The highest BCUT2D eigenvalue weighted by Gasteiger charge is 2.25. The van der Waals surface area contributed by atoms with Crippen LogP contribution >= 0.6 is 15.9 Å². The molecule has 0 saturated carbocycles. The van der Waals surface area contributed by atoms with Crippen molar-refractivity contribution < 1.29 is 13.9 Å². The first-order chi connectivity index (χ1) is 15.6. The number of esters is 1. The Morgan fingerprint density at radius 3 is 2.42 bits per heavy atom. The molecule has 0 bridgehead atoms. The first-order valence-corrected chi connectivity index (χ1v) is 12.4. The number of rotatable bonds is 8. The minimum Gasteiger partial charge on any atom is -0.465 e. The number of carbonyl (C=O) groups is 1. The Balaban J connectivity index is 0.00000265. The van der Waals surface area contributed by atoms with Gasteiger partial charge in [-0.25, -0.2) is 9.18 Å². The maximum Gasteiger partial charge on any atom is 0.337 e. The highest BCUT2D eigenvalue weighted by atomic mass is 79.9. The monoisotopic (exact) mass is 522 g/mol. The molecule has 0 atom stereocenters. The molecular formula is C27H40BrFN2O2. The summed E-state index contributed by atoms with van der Waals surface area (Å²) < 4.78 is 20.5. The molecule has 0 radical (unpaired) electrons. The third-order valence-corrected chi connectivity index (χ3v) is 6.42. The van der Waals surface area contributed by atoms with E-state index in [0.29, 0.717) is 0 Å². The van der Waals surface area contributed by atoms with E-state index in [1.165, 1.54) is 18.7 Å². The second-order valence-corrected chi connectivity index (χ2v) is 9.42. The molecule has 0 aromatic heterocycles. The predicted octanol–water partition coefficient (Wildman–Crippen LogP) is 6.47. The summed E-state index contributed by atoms with van der Waals surface area (Å²) in [6, 6.07) is 3.04. The Kier molecular flexibility index (Phi) is 12.9. The van der Waals surface area contributed by atoms with Crippen molar-refractivity contribution in [1.82, 2.24) is 9.80 Å². The topological polar surface area (TPSA) is 32.8 Å². The lowest BCUT2D eigenvalue weighted by Crippen LogP contribution is -2.34.